The molecular weight excluding hydrogens is 332 g/mol. The topological polar surface area (TPSA) is 59.0 Å². The molecule has 0 bridgehead atoms. The Kier molecular flexibility index (Phi) is 5.78. The number of hydrogen-bond donors (Lipinski definition) is 1. The molecule has 1 aromatic carbocycles. The minimum Gasteiger partial charge on any atom is -0.491 e. The van der Waals surface area contributed by atoms with Crippen molar-refractivity contribution in [3.05, 3.63) is 28.8 Å². The first-order valence-corrected chi connectivity index (χ1v) is 7.50. The van der Waals surface area contributed by atoms with E-state index in [1.54, 1.807) is 0 Å². The summed E-state index contributed by atoms with van der Waals surface area (Å²) in [6.07, 6.45) is -2.55. The predicted molar refractivity (Wildman–Crippen MR) is 80.7 cm³/mol. The highest BCUT2D eigenvalue weighted by Crippen LogP contribution is 2.27. The Labute approximate surface area is 137 Å². The Balaban J connectivity index is 1.86. The van der Waals surface area contributed by atoms with Gasteiger partial charge in [-0.1, -0.05) is 11.6 Å². The molecule has 23 heavy (non-hydrogen) atoms. The highest BCUT2D eigenvalue weighted by molar-refractivity contribution is 6.32. The first-order valence-electron chi connectivity index (χ1n) is 7.12. The molecule has 0 saturated carbocycles. The fourth-order valence-corrected chi connectivity index (χ4v) is 2.57. The number of benzene rings is 1. The molecule has 5 nitrogen and oxygen atoms in total. The molecule has 1 atom stereocenters. The zero-order chi connectivity index (χ0) is 17.0. The van der Waals surface area contributed by atoms with Crippen molar-refractivity contribution >= 4 is 17.6 Å². The Hall–Kier alpha value is -1.44. The molecule has 8 heteroatoms. The van der Waals surface area contributed by atoms with Crippen molar-refractivity contribution in [2.24, 2.45) is 0 Å². The lowest BCUT2D eigenvalue weighted by atomic mass is 10.1. The largest absolute Gasteiger partial charge is 0.491 e. The van der Waals surface area contributed by atoms with Crippen LogP contribution in [0.25, 0.3) is 0 Å². The lowest BCUT2D eigenvalue weighted by Gasteiger charge is -2.39. The maximum absolute atomic E-state index is 13.0. The van der Waals surface area contributed by atoms with E-state index in [2.05, 4.69) is 0 Å². The summed E-state index contributed by atoms with van der Waals surface area (Å²) in [6, 6.07) is 4.18. The summed E-state index contributed by atoms with van der Waals surface area (Å²) in [6.45, 7) is 3.02. The number of rotatable bonds is 6. The van der Waals surface area contributed by atoms with Crippen LogP contribution in [-0.2, 0) is 4.74 Å². The number of carboxylic acids is 1. The summed E-state index contributed by atoms with van der Waals surface area (Å²) < 4.78 is 36.6. The molecule has 0 radical (unpaired) electrons. The Morgan fingerprint density at radius 2 is 2.30 bits per heavy atom. The van der Waals surface area contributed by atoms with E-state index >= 15 is 0 Å². The molecular formula is C15H18ClF2NO4. The Morgan fingerprint density at radius 1 is 1.57 bits per heavy atom. The maximum Gasteiger partial charge on any atom is 0.335 e. The van der Waals surface area contributed by atoms with Crippen molar-refractivity contribution in [2.45, 2.75) is 19.0 Å². The van der Waals surface area contributed by atoms with Gasteiger partial charge >= 0.3 is 5.97 Å². The number of ether oxygens (including phenoxy) is 2. The summed E-state index contributed by atoms with van der Waals surface area (Å²) in [7, 11) is 0. The van der Waals surface area contributed by atoms with Crippen LogP contribution in [0.1, 0.15) is 17.3 Å². The van der Waals surface area contributed by atoms with Crippen LogP contribution in [0.2, 0.25) is 5.02 Å². The molecule has 1 fully saturated rings. The van der Waals surface area contributed by atoms with E-state index in [1.165, 1.54) is 25.1 Å². The van der Waals surface area contributed by atoms with E-state index < -0.39 is 18.0 Å². The molecule has 128 valence electrons. The van der Waals surface area contributed by atoms with Gasteiger partial charge in [-0.05, 0) is 25.1 Å². The average molecular weight is 350 g/mol. The Morgan fingerprint density at radius 3 is 2.91 bits per heavy atom. The first-order chi connectivity index (χ1) is 10.8. The molecule has 1 aliphatic heterocycles. The highest BCUT2D eigenvalue weighted by atomic mass is 35.5. The Bertz CT molecular complexity index is 572. The van der Waals surface area contributed by atoms with Crippen molar-refractivity contribution in [1.29, 1.82) is 0 Å². The molecule has 0 aliphatic carbocycles. The molecule has 1 saturated heterocycles. The van der Waals surface area contributed by atoms with Gasteiger partial charge in [0.1, 0.15) is 18.0 Å². The van der Waals surface area contributed by atoms with Gasteiger partial charge in [0.05, 0.1) is 17.2 Å². The molecule has 0 spiro atoms. The molecule has 1 aromatic rings. The van der Waals surface area contributed by atoms with E-state index in [9.17, 15) is 13.6 Å². The van der Waals surface area contributed by atoms with Gasteiger partial charge in [0.2, 0.25) is 0 Å². The number of halogens is 3. The third-order valence-corrected chi connectivity index (χ3v) is 3.98. The molecule has 1 aliphatic rings. The van der Waals surface area contributed by atoms with Gasteiger partial charge in [-0.25, -0.2) is 13.6 Å². The van der Waals surface area contributed by atoms with Crippen LogP contribution in [0.4, 0.5) is 8.78 Å². The summed E-state index contributed by atoms with van der Waals surface area (Å²) in [4.78, 5) is 12.7. The monoisotopic (exact) mass is 349 g/mol. The van der Waals surface area contributed by atoms with Gasteiger partial charge in [-0.3, -0.25) is 4.90 Å². The van der Waals surface area contributed by atoms with Crippen molar-refractivity contribution < 1.29 is 28.2 Å². The van der Waals surface area contributed by atoms with Crippen LogP contribution < -0.4 is 4.74 Å². The van der Waals surface area contributed by atoms with Crippen molar-refractivity contribution in [1.82, 2.24) is 4.90 Å². The lowest BCUT2D eigenvalue weighted by molar-refractivity contribution is -0.170. The van der Waals surface area contributed by atoms with Gasteiger partial charge < -0.3 is 14.6 Å². The predicted octanol–water partition coefficient (Wildman–Crippen LogP) is 2.77. The summed E-state index contributed by atoms with van der Waals surface area (Å²) >= 11 is 5.96. The van der Waals surface area contributed by atoms with Gasteiger partial charge in [0, 0.05) is 19.6 Å². The molecule has 1 N–H and O–H groups in total. The molecule has 1 unspecified atom stereocenters. The van der Waals surface area contributed by atoms with E-state index in [0.717, 1.165) is 0 Å². The van der Waals surface area contributed by atoms with Crippen LogP contribution in [0.15, 0.2) is 18.2 Å². The molecule has 1 heterocycles. The van der Waals surface area contributed by atoms with Crippen molar-refractivity contribution in [3.63, 3.8) is 0 Å². The van der Waals surface area contributed by atoms with E-state index in [1.807, 2.05) is 4.90 Å². The number of hydrogen-bond acceptors (Lipinski definition) is 4. The van der Waals surface area contributed by atoms with Crippen LogP contribution in [-0.4, -0.2) is 60.9 Å². The second-order valence-corrected chi connectivity index (χ2v) is 5.94. The maximum atomic E-state index is 13.0. The number of carbonyl (C=O) groups is 1. The SMILES string of the molecule is CC1(C(F)F)CN(CCOc2ccc(C(=O)O)cc2Cl)CCO1. The lowest BCUT2D eigenvalue weighted by Crippen LogP contribution is -2.54. The second-order valence-electron chi connectivity index (χ2n) is 5.54. The standard InChI is InChI=1S/C15H18ClF2NO4/c1-15(14(17)18)9-19(5-7-23-15)4-6-22-12-3-2-10(13(20)21)8-11(12)16/h2-3,8,14H,4-7,9H2,1H3,(H,20,21). The minimum atomic E-state index is -2.55. The fraction of sp³-hybridized carbons (Fsp3) is 0.533. The third kappa shape index (κ3) is 4.53. The fourth-order valence-electron chi connectivity index (χ4n) is 2.34. The van der Waals surface area contributed by atoms with Crippen LogP contribution in [0, 0.1) is 0 Å². The van der Waals surface area contributed by atoms with Crippen molar-refractivity contribution in [3.8, 4) is 5.75 Å². The summed E-state index contributed by atoms with van der Waals surface area (Å²) in [5.41, 5.74) is -1.39. The summed E-state index contributed by atoms with van der Waals surface area (Å²) in [5.74, 6) is -0.709. The number of aromatic carboxylic acids is 1. The number of nitrogens with zero attached hydrogens (tertiary/aromatic N) is 1. The number of alkyl halides is 2. The van der Waals surface area contributed by atoms with Gasteiger partial charge in [-0.15, -0.1) is 0 Å². The summed E-state index contributed by atoms with van der Waals surface area (Å²) in [5, 5.41) is 9.06. The third-order valence-electron chi connectivity index (χ3n) is 3.68. The average Bonchev–Trinajstić information content (AvgIpc) is 2.48. The van der Waals surface area contributed by atoms with Gasteiger partial charge in [0.15, 0.2) is 0 Å². The first kappa shape index (κ1) is 17.9. The van der Waals surface area contributed by atoms with E-state index in [0.29, 0.717) is 18.8 Å². The zero-order valence-corrected chi connectivity index (χ0v) is 13.4. The number of carboxylic acid groups (broad SMARTS) is 1. The molecule has 2 rings (SSSR count). The minimum absolute atomic E-state index is 0.0724. The van der Waals surface area contributed by atoms with Gasteiger partial charge in [0.25, 0.3) is 6.43 Å². The van der Waals surface area contributed by atoms with Gasteiger partial charge in [-0.2, -0.15) is 0 Å². The number of morpholine rings is 1. The second kappa shape index (κ2) is 7.42. The smallest absolute Gasteiger partial charge is 0.335 e. The van der Waals surface area contributed by atoms with Crippen LogP contribution in [0.5, 0.6) is 5.75 Å². The van der Waals surface area contributed by atoms with E-state index in [-0.39, 0.29) is 30.3 Å². The molecule has 0 amide bonds. The van der Waals surface area contributed by atoms with E-state index in [4.69, 9.17) is 26.2 Å². The normalized spacial score (nSPS) is 22.3. The van der Waals surface area contributed by atoms with Crippen LogP contribution >= 0.6 is 11.6 Å². The highest BCUT2D eigenvalue weighted by Gasteiger charge is 2.40. The van der Waals surface area contributed by atoms with Crippen LogP contribution in [0.3, 0.4) is 0 Å². The van der Waals surface area contributed by atoms with Crippen molar-refractivity contribution in [2.75, 3.05) is 32.8 Å². The molecule has 0 aromatic heterocycles. The zero-order valence-electron chi connectivity index (χ0n) is 12.6. The quantitative estimate of drug-likeness (QED) is 0.855.